The number of carbonyl (C=O) groups excluding carboxylic acids is 2. The van der Waals surface area contributed by atoms with E-state index in [2.05, 4.69) is 26.1 Å². The molecule has 1 fully saturated rings. The van der Waals surface area contributed by atoms with E-state index in [0.29, 0.717) is 24.8 Å². The summed E-state index contributed by atoms with van der Waals surface area (Å²) >= 11 is 0. The van der Waals surface area contributed by atoms with Crippen molar-refractivity contribution in [3.8, 4) is 0 Å². The van der Waals surface area contributed by atoms with Gasteiger partial charge in [0.25, 0.3) is 0 Å². The molecule has 4 heteroatoms. The van der Waals surface area contributed by atoms with Crippen LogP contribution in [0.25, 0.3) is 0 Å². The summed E-state index contributed by atoms with van der Waals surface area (Å²) in [6.45, 7) is 6.29. The predicted molar refractivity (Wildman–Crippen MR) is 58.2 cm³/mol. The lowest BCUT2D eigenvalue weighted by Gasteiger charge is -2.31. The highest BCUT2D eigenvalue weighted by Crippen LogP contribution is 2.13. The number of imide groups is 1. The van der Waals surface area contributed by atoms with Crippen molar-refractivity contribution in [1.29, 1.82) is 0 Å². The Morgan fingerprint density at radius 3 is 2.47 bits per heavy atom. The maximum absolute atomic E-state index is 11.7. The topological polar surface area (TPSA) is 49.4 Å². The first-order valence-electron chi connectivity index (χ1n) is 5.50. The maximum atomic E-state index is 11.7. The Bertz CT molecular complexity index is 263. The summed E-state index contributed by atoms with van der Waals surface area (Å²) in [5.74, 6) is 0.315. The Morgan fingerprint density at radius 2 is 1.93 bits per heavy atom. The number of amides is 2. The third-order valence-corrected chi connectivity index (χ3v) is 3.11. The highest BCUT2D eigenvalue weighted by molar-refractivity contribution is 6.00. The molecule has 1 heterocycles. The quantitative estimate of drug-likeness (QED) is 0.703. The van der Waals surface area contributed by atoms with Crippen LogP contribution < -0.4 is 5.32 Å². The second-order valence-corrected chi connectivity index (χ2v) is 4.58. The molecule has 2 atom stereocenters. The Morgan fingerprint density at radius 1 is 1.33 bits per heavy atom. The minimum Gasteiger partial charge on any atom is -0.303 e. The standard InChI is InChI=1S/C11H20N2O2/c1-7(2)8(3)12-9-5-6-10(14)13(4)11(9)15/h7-9,12H,5-6H2,1-4H3. The summed E-state index contributed by atoms with van der Waals surface area (Å²) in [5, 5.41) is 3.28. The van der Waals surface area contributed by atoms with Crippen molar-refractivity contribution in [1.82, 2.24) is 10.2 Å². The van der Waals surface area contributed by atoms with Gasteiger partial charge in [-0.3, -0.25) is 14.5 Å². The number of nitrogens with zero attached hydrogens (tertiary/aromatic N) is 1. The molecule has 0 radical (unpaired) electrons. The van der Waals surface area contributed by atoms with Gasteiger partial charge in [0.1, 0.15) is 0 Å². The van der Waals surface area contributed by atoms with Crippen LogP contribution in [0.4, 0.5) is 0 Å². The van der Waals surface area contributed by atoms with Gasteiger partial charge in [-0.05, 0) is 19.3 Å². The lowest BCUT2D eigenvalue weighted by Crippen LogP contribution is -2.54. The first-order chi connectivity index (χ1) is 6.93. The lowest BCUT2D eigenvalue weighted by molar-refractivity contribution is -0.148. The molecule has 1 aliphatic heterocycles. The molecule has 2 unspecified atom stereocenters. The van der Waals surface area contributed by atoms with Gasteiger partial charge in [0.05, 0.1) is 6.04 Å². The Balaban J connectivity index is 2.57. The Hall–Kier alpha value is -0.900. The molecular weight excluding hydrogens is 192 g/mol. The normalized spacial score (nSPS) is 24.9. The third-order valence-electron chi connectivity index (χ3n) is 3.11. The minimum absolute atomic E-state index is 0.0738. The number of rotatable bonds is 3. The molecule has 0 aromatic rings. The van der Waals surface area contributed by atoms with E-state index in [-0.39, 0.29) is 17.9 Å². The summed E-state index contributed by atoms with van der Waals surface area (Å²) in [4.78, 5) is 24.2. The summed E-state index contributed by atoms with van der Waals surface area (Å²) in [6.07, 6.45) is 1.09. The summed E-state index contributed by atoms with van der Waals surface area (Å²) in [5.41, 5.74) is 0. The van der Waals surface area contributed by atoms with E-state index in [1.165, 1.54) is 4.90 Å². The molecule has 1 rings (SSSR count). The van der Waals surface area contributed by atoms with Crippen molar-refractivity contribution in [2.24, 2.45) is 5.92 Å². The predicted octanol–water partition coefficient (Wildman–Crippen LogP) is 0.768. The van der Waals surface area contributed by atoms with Crippen molar-refractivity contribution in [3.05, 3.63) is 0 Å². The van der Waals surface area contributed by atoms with Crippen LogP contribution in [-0.2, 0) is 9.59 Å². The zero-order valence-electron chi connectivity index (χ0n) is 9.91. The summed E-state index contributed by atoms with van der Waals surface area (Å²) in [6, 6.07) is 0.102. The minimum atomic E-state index is -0.190. The van der Waals surface area contributed by atoms with E-state index in [0.717, 1.165) is 0 Å². The van der Waals surface area contributed by atoms with Gasteiger partial charge >= 0.3 is 0 Å². The first-order valence-corrected chi connectivity index (χ1v) is 5.50. The van der Waals surface area contributed by atoms with Crippen LogP contribution in [0.5, 0.6) is 0 Å². The fraction of sp³-hybridized carbons (Fsp3) is 0.818. The number of piperidine rings is 1. The van der Waals surface area contributed by atoms with Gasteiger partial charge in [0.15, 0.2) is 0 Å². The molecule has 4 nitrogen and oxygen atoms in total. The van der Waals surface area contributed by atoms with Crippen molar-refractivity contribution in [2.45, 2.75) is 45.7 Å². The molecule has 2 amide bonds. The average molecular weight is 212 g/mol. The molecule has 0 saturated carbocycles. The van der Waals surface area contributed by atoms with Gasteiger partial charge in [-0.15, -0.1) is 0 Å². The largest absolute Gasteiger partial charge is 0.303 e. The summed E-state index contributed by atoms with van der Waals surface area (Å²) < 4.78 is 0. The van der Waals surface area contributed by atoms with Gasteiger partial charge in [0, 0.05) is 19.5 Å². The molecule has 0 bridgehead atoms. The van der Waals surface area contributed by atoms with Gasteiger partial charge in [0.2, 0.25) is 11.8 Å². The Labute approximate surface area is 91.0 Å². The smallest absolute Gasteiger partial charge is 0.246 e. The average Bonchev–Trinajstić information content (AvgIpc) is 2.18. The molecule has 0 aromatic carbocycles. The monoisotopic (exact) mass is 212 g/mol. The van der Waals surface area contributed by atoms with Crippen LogP contribution in [0.1, 0.15) is 33.6 Å². The highest BCUT2D eigenvalue weighted by Gasteiger charge is 2.32. The van der Waals surface area contributed by atoms with Crippen LogP contribution in [0.3, 0.4) is 0 Å². The van der Waals surface area contributed by atoms with Gasteiger partial charge in [-0.2, -0.15) is 0 Å². The van der Waals surface area contributed by atoms with E-state index in [4.69, 9.17) is 0 Å². The molecule has 15 heavy (non-hydrogen) atoms. The molecule has 1 saturated heterocycles. The molecule has 1 aliphatic rings. The molecule has 86 valence electrons. The number of hydrogen-bond donors (Lipinski definition) is 1. The second-order valence-electron chi connectivity index (χ2n) is 4.58. The molecule has 0 spiro atoms. The maximum Gasteiger partial charge on any atom is 0.246 e. The summed E-state index contributed by atoms with van der Waals surface area (Å²) in [7, 11) is 1.55. The second kappa shape index (κ2) is 4.75. The van der Waals surface area contributed by atoms with Crippen LogP contribution in [0.15, 0.2) is 0 Å². The zero-order valence-corrected chi connectivity index (χ0v) is 9.91. The number of hydrogen-bond acceptors (Lipinski definition) is 3. The number of likely N-dealkylation sites (N-methyl/N-ethyl adjacent to an activating group) is 1. The van der Waals surface area contributed by atoms with Crippen LogP contribution >= 0.6 is 0 Å². The van der Waals surface area contributed by atoms with E-state index in [9.17, 15) is 9.59 Å². The first kappa shape index (κ1) is 12.2. The molecule has 0 aromatic heterocycles. The van der Waals surface area contributed by atoms with Crippen molar-refractivity contribution in [3.63, 3.8) is 0 Å². The van der Waals surface area contributed by atoms with Crippen LogP contribution in [0, 0.1) is 5.92 Å². The SMILES string of the molecule is CC(C)C(C)NC1CCC(=O)N(C)C1=O. The number of likely N-dealkylation sites (tertiary alicyclic amines) is 1. The fourth-order valence-electron chi connectivity index (χ4n) is 1.58. The van der Waals surface area contributed by atoms with Crippen molar-refractivity contribution < 1.29 is 9.59 Å². The van der Waals surface area contributed by atoms with E-state index in [1.54, 1.807) is 7.05 Å². The lowest BCUT2D eigenvalue weighted by atomic mass is 10.0. The molecular formula is C11H20N2O2. The highest BCUT2D eigenvalue weighted by atomic mass is 16.2. The van der Waals surface area contributed by atoms with Crippen molar-refractivity contribution >= 4 is 11.8 Å². The van der Waals surface area contributed by atoms with E-state index in [1.807, 2.05) is 0 Å². The zero-order chi connectivity index (χ0) is 11.6. The number of carbonyl (C=O) groups is 2. The van der Waals surface area contributed by atoms with Crippen molar-refractivity contribution in [2.75, 3.05) is 7.05 Å². The Kier molecular flexibility index (Phi) is 3.85. The fourth-order valence-corrected chi connectivity index (χ4v) is 1.58. The van der Waals surface area contributed by atoms with E-state index >= 15 is 0 Å². The van der Waals surface area contributed by atoms with Gasteiger partial charge < -0.3 is 5.32 Å². The van der Waals surface area contributed by atoms with Gasteiger partial charge in [-0.1, -0.05) is 13.8 Å². The molecule has 1 N–H and O–H groups in total. The third kappa shape index (κ3) is 2.78. The van der Waals surface area contributed by atoms with Crippen LogP contribution in [0.2, 0.25) is 0 Å². The van der Waals surface area contributed by atoms with Crippen LogP contribution in [-0.4, -0.2) is 35.8 Å². The van der Waals surface area contributed by atoms with Gasteiger partial charge in [-0.25, -0.2) is 0 Å². The van der Waals surface area contributed by atoms with E-state index < -0.39 is 0 Å². The molecule has 0 aliphatic carbocycles. The number of nitrogens with one attached hydrogen (secondary N) is 1.